The van der Waals surface area contributed by atoms with Crippen LogP contribution in [0.25, 0.3) is 0 Å². The number of carbonyl (C=O) groups is 2. The summed E-state index contributed by atoms with van der Waals surface area (Å²) in [7, 11) is 0. The Labute approximate surface area is 165 Å². The average Bonchev–Trinajstić information content (AvgIpc) is 3.15. The number of phenolic OH excluding ortho intramolecular Hbond substituents is 1. The molecule has 0 aliphatic carbocycles. The molecule has 0 bridgehead atoms. The van der Waals surface area contributed by atoms with Gasteiger partial charge in [-0.3, -0.25) is 14.7 Å². The molecule has 1 aromatic heterocycles. The van der Waals surface area contributed by atoms with Crippen LogP contribution in [0.3, 0.4) is 0 Å². The van der Waals surface area contributed by atoms with Gasteiger partial charge in [-0.2, -0.15) is 0 Å². The molecule has 7 nitrogen and oxygen atoms in total. The molecule has 3 rings (SSSR count). The lowest BCUT2D eigenvalue weighted by Crippen LogP contribution is -2.46. The molecular formula is C18H17Cl2N3O4. The Morgan fingerprint density at radius 2 is 1.93 bits per heavy atom. The van der Waals surface area contributed by atoms with Crippen molar-refractivity contribution in [3.05, 3.63) is 57.8 Å². The van der Waals surface area contributed by atoms with Gasteiger partial charge < -0.3 is 15.5 Å². The molecule has 3 N–H and O–H groups in total. The van der Waals surface area contributed by atoms with Crippen LogP contribution in [0.5, 0.6) is 5.75 Å². The standard InChI is InChI=1S/C18H17Cl2N3O4/c19-11-3-4-13(24)14(15(11)20)16(10-5-7-21-8-6-10)22-17(25)12-2-1-9-23(12)18(26)27/h3-8,12,16,24H,1-2,9H2,(H,22,25)(H,26,27). The molecule has 0 spiro atoms. The number of rotatable bonds is 4. The molecule has 9 heteroatoms. The highest BCUT2D eigenvalue weighted by Gasteiger charge is 2.36. The van der Waals surface area contributed by atoms with E-state index in [-0.39, 0.29) is 21.4 Å². The van der Waals surface area contributed by atoms with Crippen LogP contribution in [-0.4, -0.2) is 44.7 Å². The number of likely N-dealkylation sites (tertiary alicyclic amines) is 1. The quantitative estimate of drug-likeness (QED) is 0.717. The van der Waals surface area contributed by atoms with E-state index in [2.05, 4.69) is 10.3 Å². The lowest BCUT2D eigenvalue weighted by molar-refractivity contribution is -0.125. The largest absolute Gasteiger partial charge is 0.508 e. The summed E-state index contributed by atoms with van der Waals surface area (Å²) in [6.07, 6.45) is 2.98. The number of aromatic nitrogens is 1. The van der Waals surface area contributed by atoms with Crippen molar-refractivity contribution in [1.82, 2.24) is 15.2 Å². The molecule has 1 saturated heterocycles. The topological polar surface area (TPSA) is 103 Å². The number of pyridine rings is 1. The summed E-state index contributed by atoms with van der Waals surface area (Å²) in [6, 6.07) is 4.58. The molecule has 0 radical (unpaired) electrons. The van der Waals surface area contributed by atoms with Crippen LogP contribution >= 0.6 is 23.2 Å². The van der Waals surface area contributed by atoms with Crippen molar-refractivity contribution in [2.24, 2.45) is 0 Å². The zero-order chi connectivity index (χ0) is 19.6. The Hall–Kier alpha value is -2.51. The minimum atomic E-state index is -1.14. The summed E-state index contributed by atoms with van der Waals surface area (Å²) >= 11 is 12.4. The number of aromatic hydroxyl groups is 1. The summed E-state index contributed by atoms with van der Waals surface area (Å²) in [4.78, 5) is 29.3. The number of hydrogen-bond acceptors (Lipinski definition) is 4. The van der Waals surface area contributed by atoms with Crippen LogP contribution in [0, 0.1) is 0 Å². The summed E-state index contributed by atoms with van der Waals surface area (Å²) in [5.74, 6) is -0.597. The van der Waals surface area contributed by atoms with Crippen molar-refractivity contribution < 1.29 is 19.8 Å². The van der Waals surface area contributed by atoms with Crippen molar-refractivity contribution in [2.75, 3.05) is 6.54 Å². The molecule has 2 unspecified atom stereocenters. The van der Waals surface area contributed by atoms with Crippen molar-refractivity contribution in [2.45, 2.75) is 24.9 Å². The van der Waals surface area contributed by atoms with E-state index in [0.29, 0.717) is 24.9 Å². The van der Waals surface area contributed by atoms with Crippen LogP contribution in [0.1, 0.15) is 30.0 Å². The maximum Gasteiger partial charge on any atom is 0.407 e. The van der Waals surface area contributed by atoms with Crippen LogP contribution in [0.15, 0.2) is 36.7 Å². The van der Waals surface area contributed by atoms with Gasteiger partial charge in [-0.05, 0) is 42.7 Å². The van der Waals surface area contributed by atoms with Gasteiger partial charge in [0, 0.05) is 24.5 Å². The summed E-state index contributed by atoms with van der Waals surface area (Å²) in [5.41, 5.74) is 0.862. The average molecular weight is 410 g/mol. The number of halogens is 2. The van der Waals surface area contributed by atoms with Crippen LogP contribution < -0.4 is 5.32 Å². The number of phenols is 1. The first-order valence-electron chi connectivity index (χ1n) is 8.27. The zero-order valence-electron chi connectivity index (χ0n) is 14.1. The number of carboxylic acid groups (broad SMARTS) is 1. The fraction of sp³-hybridized carbons (Fsp3) is 0.278. The Bertz CT molecular complexity index is 863. The molecule has 1 aliphatic rings. The van der Waals surface area contributed by atoms with Crippen LogP contribution in [0.2, 0.25) is 10.0 Å². The van der Waals surface area contributed by atoms with E-state index in [1.54, 1.807) is 24.5 Å². The third kappa shape index (κ3) is 3.94. The normalized spacial score (nSPS) is 17.6. The zero-order valence-corrected chi connectivity index (χ0v) is 15.6. The maximum absolute atomic E-state index is 12.8. The number of carbonyl (C=O) groups excluding carboxylic acids is 1. The Balaban J connectivity index is 1.99. The van der Waals surface area contributed by atoms with E-state index in [1.165, 1.54) is 12.1 Å². The Morgan fingerprint density at radius 3 is 2.59 bits per heavy atom. The molecule has 2 amide bonds. The Kier molecular flexibility index (Phi) is 5.72. The van der Waals surface area contributed by atoms with E-state index in [0.717, 1.165) is 4.90 Å². The van der Waals surface area contributed by atoms with E-state index in [4.69, 9.17) is 23.2 Å². The molecular weight excluding hydrogens is 393 g/mol. The predicted molar refractivity (Wildman–Crippen MR) is 100 cm³/mol. The number of amides is 2. The highest BCUT2D eigenvalue weighted by molar-refractivity contribution is 6.42. The minimum absolute atomic E-state index is 0.111. The third-order valence-corrected chi connectivity index (χ3v) is 5.34. The molecule has 0 saturated carbocycles. The monoisotopic (exact) mass is 409 g/mol. The van der Waals surface area contributed by atoms with E-state index < -0.39 is 24.1 Å². The summed E-state index contributed by atoms with van der Waals surface area (Å²) < 4.78 is 0. The van der Waals surface area contributed by atoms with Gasteiger partial charge in [0.15, 0.2) is 0 Å². The van der Waals surface area contributed by atoms with Crippen molar-refractivity contribution >= 4 is 35.2 Å². The van der Waals surface area contributed by atoms with Crippen LogP contribution in [-0.2, 0) is 4.79 Å². The highest BCUT2D eigenvalue weighted by Crippen LogP contribution is 2.39. The first-order chi connectivity index (χ1) is 12.9. The van der Waals surface area contributed by atoms with Crippen molar-refractivity contribution in [1.29, 1.82) is 0 Å². The number of nitrogens with zero attached hydrogens (tertiary/aromatic N) is 2. The number of hydrogen-bond donors (Lipinski definition) is 3. The molecule has 2 atom stereocenters. The lowest BCUT2D eigenvalue weighted by atomic mass is 9.97. The molecule has 1 aromatic carbocycles. The van der Waals surface area contributed by atoms with Gasteiger partial charge in [0.05, 0.1) is 16.1 Å². The molecule has 1 aliphatic heterocycles. The van der Waals surface area contributed by atoms with Gasteiger partial charge in [-0.25, -0.2) is 4.79 Å². The fourth-order valence-electron chi connectivity index (χ4n) is 3.22. The maximum atomic E-state index is 12.8. The number of nitrogens with one attached hydrogen (secondary N) is 1. The first-order valence-corrected chi connectivity index (χ1v) is 9.02. The van der Waals surface area contributed by atoms with E-state index in [1.807, 2.05) is 0 Å². The molecule has 27 heavy (non-hydrogen) atoms. The van der Waals surface area contributed by atoms with Gasteiger partial charge in [0.1, 0.15) is 11.8 Å². The lowest BCUT2D eigenvalue weighted by Gasteiger charge is -2.26. The second-order valence-electron chi connectivity index (χ2n) is 6.15. The second kappa shape index (κ2) is 8.02. The minimum Gasteiger partial charge on any atom is -0.508 e. The van der Waals surface area contributed by atoms with E-state index >= 15 is 0 Å². The highest BCUT2D eigenvalue weighted by atomic mass is 35.5. The smallest absolute Gasteiger partial charge is 0.407 e. The second-order valence-corrected chi connectivity index (χ2v) is 6.94. The number of benzene rings is 1. The van der Waals surface area contributed by atoms with Gasteiger partial charge in [-0.15, -0.1) is 0 Å². The van der Waals surface area contributed by atoms with E-state index in [9.17, 15) is 19.8 Å². The predicted octanol–water partition coefficient (Wildman–Crippen LogP) is 3.44. The van der Waals surface area contributed by atoms with Gasteiger partial charge in [-0.1, -0.05) is 23.2 Å². The Morgan fingerprint density at radius 1 is 1.22 bits per heavy atom. The van der Waals surface area contributed by atoms with Crippen molar-refractivity contribution in [3.63, 3.8) is 0 Å². The molecule has 2 aromatic rings. The van der Waals surface area contributed by atoms with Gasteiger partial charge >= 0.3 is 6.09 Å². The first kappa shape index (κ1) is 19.3. The SMILES string of the molecule is O=C(NC(c1ccncc1)c1c(O)ccc(Cl)c1Cl)C1CCCN1C(=O)O. The summed E-state index contributed by atoms with van der Waals surface area (Å²) in [5, 5.41) is 22.8. The molecule has 1 fully saturated rings. The molecule has 142 valence electrons. The van der Waals surface area contributed by atoms with Gasteiger partial charge in [0.25, 0.3) is 0 Å². The third-order valence-electron chi connectivity index (χ3n) is 4.53. The molecule has 2 heterocycles. The van der Waals surface area contributed by atoms with Crippen LogP contribution in [0.4, 0.5) is 4.79 Å². The summed E-state index contributed by atoms with van der Waals surface area (Å²) in [6.45, 7) is 0.302. The van der Waals surface area contributed by atoms with Gasteiger partial charge in [0.2, 0.25) is 5.91 Å². The van der Waals surface area contributed by atoms with Crippen molar-refractivity contribution in [3.8, 4) is 5.75 Å². The fourth-order valence-corrected chi connectivity index (χ4v) is 3.65.